The van der Waals surface area contributed by atoms with E-state index in [0.29, 0.717) is 5.75 Å². The summed E-state index contributed by atoms with van der Waals surface area (Å²) < 4.78 is 0. The number of nitrogens with zero attached hydrogens (tertiary/aromatic N) is 2. The van der Waals surface area contributed by atoms with Crippen LogP contribution in [-0.4, -0.2) is 11.3 Å². The molecule has 5 aromatic carbocycles. The van der Waals surface area contributed by atoms with Gasteiger partial charge in [0.05, 0.1) is 5.69 Å². The van der Waals surface area contributed by atoms with Gasteiger partial charge in [0, 0.05) is 23.3 Å². The van der Waals surface area contributed by atoms with Crippen molar-refractivity contribution in [2.24, 2.45) is 4.99 Å². The molecule has 0 fully saturated rings. The molecule has 0 bridgehead atoms. The third-order valence-corrected chi connectivity index (χ3v) is 5.94. The van der Waals surface area contributed by atoms with Gasteiger partial charge in [0.25, 0.3) is 0 Å². The highest BCUT2D eigenvalue weighted by Gasteiger charge is 2.11. The van der Waals surface area contributed by atoms with Gasteiger partial charge in [0.1, 0.15) is 5.75 Å². The van der Waals surface area contributed by atoms with Crippen LogP contribution in [0.2, 0.25) is 0 Å². The van der Waals surface area contributed by atoms with E-state index in [1.807, 2.05) is 49.5 Å². The summed E-state index contributed by atoms with van der Waals surface area (Å²) in [6.45, 7) is 1.88. The summed E-state index contributed by atoms with van der Waals surface area (Å²) in [7, 11) is 0. The van der Waals surface area contributed by atoms with Crippen molar-refractivity contribution in [3.8, 4) is 16.9 Å². The maximum Gasteiger partial charge on any atom is 0.118 e. The van der Waals surface area contributed by atoms with Gasteiger partial charge < -0.3 is 10.0 Å². The van der Waals surface area contributed by atoms with Crippen molar-refractivity contribution < 1.29 is 5.11 Å². The van der Waals surface area contributed by atoms with Crippen LogP contribution >= 0.6 is 0 Å². The van der Waals surface area contributed by atoms with Crippen molar-refractivity contribution in [3.05, 3.63) is 139 Å². The first-order chi connectivity index (χ1) is 17.2. The predicted octanol–water partition coefficient (Wildman–Crippen LogP) is 8.59. The zero-order valence-corrected chi connectivity index (χ0v) is 19.5. The van der Waals surface area contributed by atoms with E-state index in [-0.39, 0.29) is 0 Å². The molecule has 3 nitrogen and oxygen atoms in total. The Kier molecular flexibility index (Phi) is 6.40. The maximum atomic E-state index is 9.68. The lowest BCUT2D eigenvalue weighted by atomic mass is 10.0. The van der Waals surface area contributed by atoms with Gasteiger partial charge in [-0.1, -0.05) is 60.7 Å². The molecule has 0 amide bonds. The quantitative estimate of drug-likeness (QED) is 0.261. The molecule has 0 spiro atoms. The fraction of sp³-hybridized carbons (Fsp3) is 0.0312. The smallest absolute Gasteiger partial charge is 0.118 e. The van der Waals surface area contributed by atoms with Crippen molar-refractivity contribution in [3.63, 3.8) is 0 Å². The molecule has 5 rings (SSSR count). The number of hydrogen-bond acceptors (Lipinski definition) is 3. The standard InChI is InChI=1S/C32H26N2O/c1-24-22-25(12-21-32(24)35)23-33-28-17-13-26(14-18-28)27-15-19-31(20-16-27)34(29-8-4-2-5-9-29)30-10-6-3-7-11-30/h2-23,35H,1H3. The van der Waals surface area contributed by atoms with E-state index < -0.39 is 0 Å². The second-order valence-corrected chi connectivity index (χ2v) is 8.40. The molecule has 0 saturated carbocycles. The number of rotatable bonds is 6. The first-order valence-corrected chi connectivity index (χ1v) is 11.6. The van der Waals surface area contributed by atoms with E-state index in [9.17, 15) is 5.11 Å². The summed E-state index contributed by atoms with van der Waals surface area (Å²) in [5.41, 5.74) is 8.33. The highest BCUT2D eigenvalue weighted by molar-refractivity contribution is 5.83. The Labute approximate surface area is 206 Å². The molecule has 0 unspecified atom stereocenters. The Hall–Kier alpha value is -4.63. The highest BCUT2D eigenvalue weighted by Crippen LogP contribution is 2.35. The number of para-hydroxylation sites is 2. The molecule has 0 saturated heterocycles. The van der Waals surface area contributed by atoms with Gasteiger partial charge in [-0.05, 0) is 95.9 Å². The van der Waals surface area contributed by atoms with Crippen LogP contribution in [0.3, 0.4) is 0 Å². The largest absolute Gasteiger partial charge is 0.508 e. The number of benzene rings is 5. The first-order valence-electron chi connectivity index (χ1n) is 11.6. The van der Waals surface area contributed by atoms with Crippen LogP contribution in [0.5, 0.6) is 5.75 Å². The maximum absolute atomic E-state index is 9.68. The predicted molar refractivity (Wildman–Crippen MR) is 147 cm³/mol. The zero-order valence-electron chi connectivity index (χ0n) is 19.5. The fourth-order valence-corrected chi connectivity index (χ4v) is 4.05. The Bertz CT molecular complexity index is 1390. The Morgan fingerprint density at radius 3 is 1.66 bits per heavy atom. The number of hydrogen-bond donors (Lipinski definition) is 1. The number of phenolic OH excluding ortho intramolecular Hbond substituents is 1. The average molecular weight is 455 g/mol. The minimum absolute atomic E-state index is 0.299. The Morgan fingerprint density at radius 1 is 0.600 bits per heavy atom. The van der Waals surface area contributed by atoms with Crippen LogP contribution < -0.4 is 4.90 Å². The van der Waals surface area contributed by atoms with E-state index in [1.165, 1.54) is 0 Å². The van der Waals surface area contributed by atoms with Crippen molar-refractivity contribution in [1.29, 1.82) is 0 Å². The van der Waals surface area contributed by atoms with Crippen molar-refractivity contribution in [1.82, 2.24) is 0 Å². The van der Waals surface area contributed by atoms with Crippen molar-refractivity contribution in [2.45, 2.75) is 6.92 Å². The van der Waals surface area contributed by atoms with E-state index in [0.717, 1.165) is 45.0 Å². The minimum atomic E-state index is 0.299. The molecule has 0 aliphatic heterocycles. The molecule has 0 aromatic heterocycles. The summed E-state index contributed by atoms with van der Waals surface area (Å²) in [5, 5.41) is 9.68. The van der Waals surface area contributed by atoms with Crippen molar-refractivity contribution >= 4 is 29.0 Å². The lowest BCUT2D eigenvalue weighted by Crippen LogP contribution is -2.09. The van der Waals surface area contributed by atoms with Crippen LogP contribution in [0, 0.1) is 6.92 Å². The summed E-state index contributed by atoms with van der Waals surface area (Å²) >= 11 is 0. The molecule has 1 N–H and O–H groups in total. The van der Waals surface area contributed by atoms with Gasteiger partial charge in [-0.25, -0.2) is 0 Å². The van der Waals surface area contributed by atoms with Gasteiger partial charge in [0.2, 0.25) is 0 Å². The molecule has 0 aliphatic carbocycles. The summed E-state index contributed by atoms with van der Waals surface area (Å²) in [6, 6.07) is 43.2. The van der Waals surface area contributed by atoms with Crippen LogP contribution in [-0.2, 0) is 0 Å². The van der Waals surface area contributed by atoms with E-state index in [4.69, 9.17) is 0 Å². The van der Waals surface area contributed by atoms with Crippen LogP contribution in [0.15, 0.2) is 132 Å². The molecule has 3 heteroatoms. The van der Waals surface area contributed by atoms with E-state index >= 15 is 0 Å². The van der Waals surface area contributed by atoms with Gasteiger partial charge in [-0.3, -0.25) is 4.99 Å². The molecular formula is C32H26N2O. The number of aromatic hydroxyl groups is 1. The average Bonchev–Trinajstić information content (AvgIpc) is 2.91. The molecule has 0 radical (unpaired) electrons. The summed E-state index contributed by atoms with van der Waals surface area (Å²) in [6.07, 6.45) is 1.82. The Balaban J connectivity index is 1.37. The van der Waals surface area contributed by atoms with Gasteiger partial charge in [-0.15, -0.1) is 0 Å². The van der Waals surface area contributed by atoms with Crippen molar-refractivity contribution in [2.75, 3.05) is 4.90 Å². The highest BCUT2D eigenvalue weighted by atomic mass is 16.3. The number of phenols is 1. The van der Waals surface area contributed by atoms with Crippen LogP contribution in [0.25, 0.3) is 11.1 Å². The lowest BCUT2D eigenvalue weighted by Gasteiger charge is -2.25. The van der Waals surface area contributed by atoms with Gasteiger partial charge >= 0.3 is 0 Å². The van der Waals surface area contributed by atoms with E-state index in [1.54, 1.807) is 6.07 Å². The molecule has 0 heterocycles. The molecule has 170 valence electrons. The first kappa shape index (κ1) is 22.2. The van der Waals surface area contributed by atoms with Crippen LogP contribution in [0.4, 0.5) is 22.7 Å². The zero-order chi connectivity index (χ0) is 24.0. The molecule has 0 aliphatic rings. The van der Waals surface area contributed by atoms with Gasteiger partial charge in [0.15, 0.2) is 0 Å². The fourth-order valence-electron chi connectivity index (χ4n) is 4.05. The summed E-state index contributed by atoms with van der Waals surface area (Å²) in [4.78, 5) is 6.83. The van der Waals surface area contributed by atoms with Crippen LogP contribution in [0.1, 0.15) is 11.1 Å². The van der Waals surface area contributed by atoms with E-state index in [2.05, 4.69) is 94.8 Å². The number of aliphatic imine (C=N–C) groups is 1. The molecular weight excluding hydrogens is 428 g/mol. The SMILES string of the molecule is Cc1cc(C=Nc2ccc(-c3ccc(N(c4ccccc4)c4ccccc4)cc3)cc2)ccc1O. The monoisotopic (exact) mass is 454 g/mol. The normalized spacial score (nSPS) is 11.0. The minimum Gasteiger partial charge on any atom is -0.508 e. The molecule has 35 heavy (non-hydrogen) atoms. The topological polar surface area (TPSA) is 35.8 Å². The molecule has 0 atom stereocenters. The second-order valence-electron chi connectivity index (χ2n) is 8.40. The third-order valence-electron chi connectivity index (χ3n) is 5.94. The molecule has 5 aromatic rings. The lowest BCUT2D eigenvalue weighted by molar-refractivity contribution is 0.471. The Morgan fingerprint density at radius 2 is 1.11 bits per heavy atom. The number of aryl methyl sites for hydroxylation is 1. The number of anilines is 3. The second kappa shape index (κ2) is 10.1. The third kappa shape index (κ3) is 5.15. The van der Waals surface area contributed by atoms with Gasteiger partial charge in [-0.2, -0.15) is 0 Å². The summed E-state index contributed by atoms with van der Waals surface area (Å²) in [5.74, 6) is 0.299.